The van der Waals surface area contributed by atoms with Gasteiger partial charge in [-0.15, -0.1) is 11.8 Å². The Morgan fingerprint density at radius 3 is 2.54 bits per heavy atom. The van der Waals surface area contributed by atoms with Crippen LogP contribution in [0.15, 0.2) is 48.5 Å². The summed E-state index contributed by atoms with van der Waals surface area (Å²) in [5, 5.41) is 30.5. The number of nitrogens with zero attached hydrogens (tertiary/aromatic N) is 1. The maximum absolute atomic E-state index is 13.2. The molecule has 4 rings (SSSR count). The van der Waals surface area contributed by atoms with Gasteiger partial charge in [0.15, 0.2) is 0 Å². The van der Waals surface area contributed by atoms with Crippen LogP contribution in [0, 0.1) is 16.0 Å². The van der Waals surface area contributed by atoms with E-state index in [4.69, 9.17) is 0 Å². The van der Waals surface area contributed by atoms with Crippen molar-refractivity contribution in [2.75, 3.05) is 23.9 Å². The van der Waals surface area contributed by atoms with Gasteiger partial charge in [-0.25, -0.2) is 0 Å². The second kappa shape index (κ2) is 14.6. The van der Waals surface area contributed by atoms with Gasteiger partial charge in [-0.1, -0.05) is 43.5 Å². The Labute approximate surface area is 237 Å². The molecule has 4 N–H and O–H groups in total. The van der Waals surface area contributed by atoms with Gasteiger partial charge < -0.3 is 15.7 Å². The normalized spacial score (nSPS) is 19.2. The van der Waals surface area contributed by atoms with Gasteiger partial charge in [0.25, 0.3) is 11.6 Å². The zero-order valence-electron chi connectivity index (χ0n) is 21.8. The predicted molar refractivity (Wildman–Crippen MR) is 156 cm³/mol. The van der Waals surface area contributed by atoms with Gasteiger partial charge >= 0.3 is 0 Å². The molecular formula is C28H36N4O5S2. The molecule has 0 aromatic heterocycles. The third-order valence-corrected chi connectivity index (χ3v) is 9.82. The molecule has 11 heteroatoms. The lowest BCUT2D eigenvalue weighted by atomic mass is 9.91. The molecule has 2 unspecified atom stereocenters. The van der Waals surface area contributed by atoms with Gasteiger partial charge in [-0.05, 0) is 48.6 Å². The number of nitrogens with one attached hydrogen (secondary N) is 3. The van der Waals surface area contributed by atoms with Gasteiger partial charge in [0, 0.05) is 35.6 Å². The van der Waals surface area contributed by atoms with E-state index in [0.717, 1.165) is 17.2 Å². The van der Waals surface area contributed by atoms with Gasteiger partial charge in [0.2, 0.25) is 5.91 Å². The third kappa shape index (κ3) is 8.61. The summed E-state index contributed by atoms with van der Waals surface area (Å²) >= 11 is 3.47. The number of para-hydroxylation sites is 1. The van der Waals surface area contributed by atoms with Crippen LogP contribution in [0.2, 0.25) is 0 Å². The summed E-state index contributed by atoms with van der Waals surface area (Å²) in [4.78, 5) is 36.8. The molecule has 3 atom stereocenters. The number of hydrogen-bond donors (Lipinski definition) is 4. The van der Waals surface area contributed by atoms with Gasteiger partial charge in [0.1, 0.15) is 5.75 Å². The highest BCUT2D eigenvalue weighted by Gasteiger charge is 2.30. The second-order valence-corrected chi connectivity index (χ2v) is 12.4. The highest BCUT2D eigenvalue weighted by atomic mass is 32.2. The molecule has 2 aromatic rings. The summed E-state index contributed by atoms with van der Waals surface area (Å²) in [7, 11) is 0. The smallest absolute Gasteiger partial charge is 0.269 e. The molecule has 210 valence electrons. The SMILES string of the molecule is O=C(NCC(NC(=O)[C@@H]1CSCN1)C(Cc1ccc([N+](=O)[O-])cc1)SCC1CCCCC1)c1ccccc1O. The number of aromatic hydroxyl groups is 1. The van der Waals surface area contributed by atoms with Crippen molar-refractivity contribution in [2.24, 2.45) is 5.92 Å². The van der Waals surface area contributed by atoms with E-state index in [1.54, 1.807) is 53.9 Å². The number of amides is 2. The fraction of sp³-hybridized carbons (Fsp3) is 0.500. The van der Waals surface area contributed by atoms with Crippen LogP contribution >= 0.6 is 23.5 Å². The Morgan fingerprint density at radius 1 is 1.13 bits per heavy atom. The fourth-order valence-corrected chi connectivity index (χ4v) is 7.50. The topological polar surface area (TPSA) is 134 Å². The monoisotopic (exact) mass is 572 g/mol. The van der Waals surface area contributed by atoms with Crippen LogP contribution in [-0.2, 0) is 11.2 Å². The molecule has 1 aliphatic carbocycles. The number of carbonyl (C=O) groups is 2. The summed E-state index contributed by atoms with van der Waals surface area (Å²) in [6, 6.07) is 12.2. The minimum absolute atomic E-state index is 0.0368. The van der Waals surface area contributed by atoms with Gasteiger partial charge in [-0.2, -0.15) is 11.8 Å². The van der Waals surface area contributed by atoms with Crippen LogP contribution < -0.4 is 16.0 Å². The average Bonchev–Trinajstić information content (AvgIpc) is 3.50. The van der Waals surface area contributed by atoms with E-state index >= 15 is 0 Å². The third-order valence-electron chi connectivity index (χ3n) is 7.30. The van der Waals surface area contributed by atoms with E-state index in [9.17, 15) is 24.8 Å². The Balaban J connectivity index is 1.53. The number of thioether (sulfide) groups is 2. The van der Waals surface area contributed by atoms with Gasteiger partial charge in [-0.3, -0.25) is 25.0 Å². The number of phenolic OH excluding ortho intramolecular Hbond substituents is 1. The number of nitro benzene ring substituents is 1. The first-order chi connectivity index (χ1) is 18.9. The Kier molecular flexibility index (Phi) is 10.9. The number of nitro groups is 1. The van der Waals surface area contributed by atoms with E-state index in [-0.39, 0.29) is 46.8 Å². The highest BCUT2D eigenvalue weighted by Crippen LogP contribution is 2.31. The summed E-state index contributed by atoms with van der Waals surface area (Å²) in [6.45, 7) is 0.189. The largest absolute Gasteiger partial charge is 0.507 e. The maximum Gasteiger partial charge on any atom is 0.269 e. The molecule has 0 spiro atoms. The van der Waals surface area contributed by atoms with E-state index in [1.165, 1.54) is 50.3 Å². The minimum atomic E-state index is -0.413. The van der Waals surface area contributed by atoms with Crippen LogP contribution in [0.4, 0.5) is 5.69 Å². The molecule has 1 saturated carbocycles. The number of hydrogen-bond acceptors (Lipinski definition) is 8. The molecule has 9 nitrogen and oxygen atoms in total. The second-order valence-electron chi connectivity index (χ2n) is 10.1. The van der Waals surface area contributed by atoms with Crippen LogP contribution in [0.3, 0.4) is 0 Å². The van der Waals surface area contributed by atoms with Crippen LogP contribution in [-0.4, -0.2) is 63.1 Å². The van der Waals surface area contributed by atoms with Crippen molar-refractivity contribution in [2.45, 2.75) is 55.9 Å². The summed E-state index contributed by atoms with van der Waals surface area (Å²) in [5.74, 6) is 2.36. The quantitative estimate of drug-likeness (QED) is 0.221. The highest BCUT2D eigenvalue weighted by molar-refractivity contribution is 8.00. The molecule has 2 aromatic carbocycles. The molecule has 1 aliphatic heterocycles. The number of non-ortho nitro benzene ring substituents is 1. The first-order valence-corrected chi connectivity index (χ1v) is 15.6. The van der Waals surface area contributed by atoms with Crippen LogP contribution in [0.5, 0.6) is 5.75 Å². The Bertz CT molecular complexity index is 1120. The lowest BCUT2D eigenvalue weighted by Gasteiger charge is -2.31. The summed E-state index contributed by atoms with van der Waals surface area (Å²) in [6.07, 6.45) is 6.72. The fourth-order valence-electron chi connectivity index (χ4n) is 5.00. The first-order valence-electron chi connectivity index (χ1n) is 13.4. The van der Waals surface area contributed by atoms with Crippen molar-refractivity contribution in [1.82, 2.24) is 16.0 Å². The lowest BCUT2D eigenvalue weighted by molar-refractivity contribution is -0.384. The zero-order chi connectivity index (χ0) is 27.6. The van der Waals surface area contributed by atoms with Crippen molar-refractivity contribution in [3.05, 3.63) is 69.8 Å². The number of phenols is 1. The van der Waals surface area contributed by atoms with Crippen molar-refractivity contribution in [3.63, 3.8) is 0 Å². The van der Waals surface area contributed by atoms with E-state index in [2.05, 4.69) is 16.0 Å². The van der Waals surface area contributed by atoms with E-state index < -0.39 is 10.8 Å². The lowest BCUT2D eigenvalue weighted by Crippen LogP contribution is -2.54. The molecule has 0 radical (unpaired) electrons. The van der Waals surface area contributed by atoms with Crippen molar-refractivity contribution >= 4 is 41.0 Å². The molecule has 39 heavy (non-hydrogen) atoms. The van der Waals surface area contributed by atoms with E-state index in [1.807, 2.05) is 0 Å². The average molecular weight is 573 g/mol. The number of rotatable bonds is 12. The van der Waals surface area contributed by atoms with Crippen molar-refractivity contribution in [1.29, 1.82) is 0 Å². The molecule has 2 aliphatic rings. The molecule has 0 bridgehead atoms. The molecular weight excluding hydrogens is 536 g/mol. The molecule has 1 heterocycles. The minimum Gasteiger partial charge on any atom is -0.507 e. The van der Waals surface area contributed by atoms with Crippen molar-refractivity contribution < 1.29 is 19.6 Å². The van der Waals surface area contributed by atoms with Crippen molar-refractivity contribution in [3.8, 4) is 5.75 Å². The maximum atomic E-state index is 13.2. The van der Waals surface area contributed by atoms with Crippen LogP contribution in [0.25, 0.3) is 0 Å². The van der Waals surface area contributed by atoms with E-state index in [0.29, 0.717) is 18.1 Å². The molecule has 1 saturated heterocycles. The Hall–Kier alpha value is -2.76. The first kappa shape index (κ1) is 29.2. The molecule has 2 amide bonds. The Morgan fingerprint density at radius 2 is 1.87 bits per heavy atom. The summed E-state index contributed by atoms with van der Waals surface area (Å²) in [5.41, 5.74) is 1.15. The number of carbonyl (C=O) groups excluding carboxylic acids is 2. The molecule has 2 fully saturated rings. The summed E-state index contributed by atoms with van der Waals surface area (Å²) < 4.78 is 0. The standard InChI is InChI=1S/C28H36N4O5S2/c33-25-9-5-4-8-22(25)27(34)29-15-23(31-28(35)24-17-38-18-30-24)26(39-16-20-6-2-1-3-7-20)14-19-10-12-21(13-11-19)32(36)37/h4-5,8-13,20,23-24,26,30,33H,1-3,6-7,14-18H2,(H,29,34)(H,31,35)/t23?,24-,26?/m0/s1. The van der Waals surface area contributed by atoms with Crippen LogP contribution in [0.1, 0.15) is 48.0 Å². The zero-order valence-corrected chi connectivity index (χ0v) is 23.5. The number of benzene rings is 2. The van der Waals surface area contributed by atoms with Gasteiger partial charge in [0.05, 0.1) is 22.6 Å². The predicted octanol–water partition coefficient (Wildman–Crippen LogP) is 4.10.